The molecule has 7 nitrogen and oxygen atoms in total. The van der Waals surface area contributed by atoms with E-state index < -0.39 is 0 Å². The van der Waals surface area contributed by atoms with Crippen molar-refractivity contribution >= 4 is 28.1 Å². The highest BCUT2D eigenvalue weighted by Gasteiger charge is 2.09. The summed E-state index contributed by atoms with van der Waals surface area (Å²) in [6.07, 6.45) is 5.11. The predicted molar refractivity (Wildman–Crippen MR) is 110 cm³/mol. The molecule has 2 aromatic carbocycles. The number of hydrazone groups is 1. The normalized spacial score (nSPS) is 10.8. The first-order valence-electron chi connectivity index (χ1n) is 8.42. The van der Waals surface area contributed by atoms with Gasteiger partial charge in [0.25, 0.3) is 5.91 Å². The Balaban J connectivity index is 1.69. The first-order valence-corrected chi connectivity index (χ1v) is 9.21. The molecular weight excluding hydrogens is 424 g/mol. The second-order valence-corrected chi connectivity index (χ2v) is 6.69. The first kappa shape index (κ1) is 19.6. The molecule has 144 valence electrons. The zero-order valence-electron chi connectivity index (χ0n) is 15.4. The minimum absolute atomic E-state index is 0.301. The number of methoxy groups -OCH3 is 2. The van der Waals surface area contributed by atoms with Gasteiger partial charge in [-0.05, 0) is 45.8 Å². The molecule has 1 heterocycles. The van der Waals surface area contributed by atoms with E-state index in [1.54, 1.807) is 43.3 Å². The van der Waals surface area contributed by atoms with Gasteiger partial charge in [-0.25, -0.2) is 5.43 Å². The van der Waals surface area contributed by atoms with Gasteiger partial charge in [-0.2, -0.15) is 10.2 Å². The van der Waals surface area contributed by atoms with E-state index in [-0.39, 0.29) is 5.91 Å². The van der Waals surface area contributed by atoms with Gasteiger partial charge in [0.1, 0.15) is 11.5 Å². The Hall–Kier alpha value is -3.13. The lowest BCUT2D eigenvalue weighted by Crippen LogP contribution is -2.18. The third kappa shape index (κ3) is 4.77. The van der Waals surface area contributed by atoms with E-state index in [9.17, 15) is 4.79 Å². The van der Waals surface area contributed by atoms with E-state index in [1.807, 2.05) is 30.5 Å². The number of nitrogens with one attached hydrogen (secondary N) is 1. The molecule has 0 aliphatic heterocycles. The molecule has 0 bridgehead atoms. The number of nitrogens with zero attached hydrogens (tertiary/aromatic N) is 3. The number of hydrogen-bond donors (Lipinski definition) is 1. The van der Waals surface area contributed by atoms with Crippen LogP contribution >= 0.6 is 15.9 Å². The molecule has 1 aromatic heterocycles. The van der Waals surface area contributed by atoms with Crippen molar-refractivity contribution < 1.29 is 14.3 Å². The highest BCUT2D eigenvalue weighted by molar-refractivity contribution is 9.10. The summed E-state index contributed by atoms with van der Waals surface area (Å²) in [4.78, 5) is 12.4. The standard InChI is InChI=1S/C20H19BrN4O3/c1-27-18-11-19(28-2)17(21)10-16(18)12-22-24-20(26)15-6-3-5-14(9-15)13-25-8-4-7-23-25/h3-12H,13H2,1-2H3,(H,24,26). The molecule has 3 aromatic rings. The van der Waals surface area contributed by atoms with E-state index >= 15 is 0 Å². The van der Waals surface area contributed by atoms with Gasteiger partial charge in [0.05, 0.1) is 31.5 Å². The van der Waals surface area contributed by atoms with Gasteiger partial charge in [0.15, 0.2) is 0 Å². The van der Waals surface area contributed by atoms with Crippen LogP contribution in [0.5, 0.6) is 11.5 Å². The van der Waals surface area contributed by atoms with Crippen molar-refractivity contribution in [1.82, 2.24) is 15.2 Å². The van der Waals surface area contributed by atoms with E-state index in [0.29, 0.717) is 29.2 Å². The van der Waals surface area contributed by atoms with Crippen LogP contribution in [-0.2, 0) is 6.54 Å². The number of hydrogen-bond acceptors (Lipinski definition) is 5. The molecule has 28 heavy (non-hydrogen) atoms. The van der Waals surface area contributed by atoms with E-state index in [4.69, 9.17) is 9.47 Å². The number of carbonyl (C=O) groups excluding carboxylic acids is 1. The van der Waals surface area contributed by atoms with E-state index in [2.05, 4.69) is 31.6 Å². The van der Waals surface area contributed by atoms with Crippen molar-refractivity contribution in [3.63, 3.8) is 0 Å². The Bertz CT molecular complexity index is 987. The molecule has 0 saturated carbocycles. The molecular formula is C20H19BrN4O3. The van der Waals surface area contributed by atoms with E-state index in [0.717, 1.165) is 10.0 Å². The molecule has 0 fully saturated rings. The van der Waals surface area contributed by atoms with Crippen molar-refractivity contribution in [2.45, 2.75) is 6.54 Å². The highest BCUT2D eigenvalue weighted by atomic mass is 79.9. The fourth-order valence-electron chi connectivity index (χ4n) is 2.60. The molecule has 3 rings (SSSR count). The van der Waals surface area contributed by atoms with Crippen molar-refractivity contribution in [2.75, 3.05) is 14.2 Å². The third-order valence-corrected chi connectivity index (χ3v) is 4.59. The molecule has 0 radical (unpaired) electrons. The number of rotatable bonds is 7. The Morgan fingerprint density at radius 1 is 1.21 bits per heavy atom. The predicted octanol–water partition coefficient (Wildman–Crippen LogP) is 3.48. The largest absolute Gasteiger partial charge is 0.496 e. The molecule has 0 unspecified atom stereocenters. The number of halogens is 1. The van der Waals surface area contributed by atoms with Gasteiger partial charge in [-0.3, -0.25) is 9.48 Å². The first-order chi connectivity index (χ1) is 13.6. The number of amides is 1. The van der Waals surface area contributed by atoms with Crippen molar-refractivity contribution in [2.24, 2.45) is 5.10 Å². The van der Waals surface area contributed by atoms with E-state index in [1.165, 1.54) is 6.21 Å². The molecule has 1 N–H and O–H groups in total. The molecule has 0 aliphatic carbocycles. The summed E-state index contributed by atoms with van der Waals surface area (Å²) in [5, 5.41) is 8.22. The molecule has 0 atom stereocenters. The second-order valence-electron chi connectivity index (χ2n) is 5.83. The Labute approximate surface area is 171 Å². The lowest BCUT2D eigenvalue weighted by molar-refractivity contribution is 0.0955. The highest BCUT2D eigenvalue weighted by Crippen LogP contribution is 2.31. The summed E-state index contributed by atoms with van der Waals surface area (Å²) >= 11 is 3.42. The van der Waals surface area contributed by atoms with Crippen LogP contribution in [0.4, 0.5) is 0 Å². The summed E-state index contributed by atoms with van der Waals surface area (Å²) < 4.78 is 13.1. The average molecular weight is 443 g/mol. The van der Waals surface area contributed by atoms with Crippen LogP contribution in [0.15, 0.2) is 64.4 Å². The smallest absolute Gasteiger partial charge is 0.271 e. The zero-order valence-corrected chi connectivity index (χ0v) is 17.0. The maximum atomic E-state index is 12.4. The Morgan fingerprint density at radius 3 is 2.75 bits per heavy atom. The van der Waals surface area contributed by atoms with Gasteiger partial charge in [0.2, 0.25) is 0 Å². The number of ether oxygens (including phenoxy) is 2. The SMILES string of the molecule is COc1cc(OC)c(C=NNC(=O)c2cccc(Cn3cccn3)c2)cc1Br. The minimum Gasteiger partial charge on any atom is -0.496 e. The number of benzene rings is 2. The number of carbonyl (C=O) groups is 1. The van der Waals surface area contributed by atoms with Crippen molar-refractivity contribution in [3.05, 3.63) is 76.0 Å². The molecule has 8 heteroatoms. The monoisotopic (exact) mass is 442 g/mol. The summed E-state index contributed by atoms with van der Waals surface area (Å²) in [5.41, 5.74) is 4.73. The molecule has 0 saturated heterocycles. The fraction of sp³-hybridized carbons (Fsp3) is 0.150. The minimum atomic E-state index is -0.301. The van der Waals surface area contributed by atoms with Crippen LogP contribution in [0, 0.1) is 0 Å². The molecule has 0 spiro atoms. The average Bonchev–Trinajstić information content (AvgIpc) is 3.21. The van der Waals surface area contributed by atoms with Crippen LogP contribution in [0.25, 0.3) is 0 Å². The maximum Gasteiger partial charge on any atom is 0.271 e. The van der Waals surface area contributed by atoms with Gasteiger partial charge in [0, 0.05) is 29.6 Å². The Kier molecular flexibility index (Phi) is 6.44. The van der Waals surface area contributed by atoms with Crippen molar-refractivity contribution in [3.8, 4) is 11.5 Å². The topological polar surface area (TPSA) is 77.7 Å². The van der Waals surface area contributed by atoms with Crippen LogP contribution in [0.2, 0.25) is 0 Å². The summed E-state index contributed by atoms with van der Waals surface area (Å²) in [5.74, 6) is 0.927. The van der Waals surface area contributed by atoms with Gasteiger partial charge >= 0.3 is 0 Å². The lowest BCUT2D eigenvalue weighted by atomic mass is 10.1. The van der Waals surface area contributed by atoms with Crippen LogP contribution in [-0.4, -0.2) is 36.1 Å². The Morgan fingerprint density at radius 2 is 2.04 bits per heavy atom. The maximum absolute atomic E-state index is 12.4. The summed E-state index contributed by atoms with van der Waals surface area (Å²) in [7, 11) is 3.14. The second kappa shape index (κ2) is 9.18. The quantitative estimate of drug-likeness (QED) is 0.448. The fourth-order valence-corrected chi connectivity index (χ4v) is 3.12. The third-order valence-electron chi connectivity index (χ3n) is 3.97. The van der Waals surface area contributed by atoms with Gasteiger partial charge in [-0.15, -0.1) is 0 Å². The lowest BCUT2D eigenvalue weighted by Gasteiger charge is -2.09. The summed E-state index contributed by atoms with van der Waals surface area (Å²) in [6.45, 7) is 0.592. The number of aromatic nitrogens is 2. The van der Waals surface area contributed by atoms with Crippen LogP contribution in [0.3, 0.4) is 0 Å². The summed E-state index contributed by atoms with van der Waals surface area (Å²) in [6, 6.07) is 12.7. The van der Waals surface area contributed by atoms with Gasteiger partial charge in [-0.1, -0.05) is 12.1 Å². The molecule has 1 amide bonds. The van der Waals surface area contributed by atoms with Gasteiger partial charge < -0.3 is 9.47 Å². The molecule has 0 aliphatic rings. The van der Waals surface area contributed by atoms with Crippen molar-refractivity contribution in [1.29, 1.82) is 0 Å². The zero-order chi connectivity index (χ0) is 19.9. The van der Waals surface area contributed by atoms with Crippen LogP contribution in [0.1, 0.15) is 21.5 Å². The van der Waals surface area contributed by atoms with Crippen LogP contribution < -0.4 is 14.9 Å².